The second kappa shape index (κ2) is 11.5. The predicted octanol–water partition coefficient (Wildman–Crippen LogP) is 6.04. The monoisotopic (exact) mass is 703 g/mol. The van der Waals surface area contributed by atoms with Gasteiger partial charge in [0.25, 0.3) is 11.5 Å². The maximum Gasteiger partial charge on any atom is 0.417 e. The molecule has 5 heterocycles. The standard InChI is InChI=1S/C34H29BrF3N7O2/c1-19-15-39-17-25(19)28-14-30(41-42(28)3)44-31-23(12-21-7-5-4-6-8-21)16-40-45(31)29-18-43(20(2)11-24(29)33(44)47)32(46)22-9-10-27(35)26(13-22)34(36,37)38/h4-10,13-16,20H,11-12,17-18H2,1-3H3. The fraction of sp³-hybridized carbons (Fsp3) is 0.265. The number of amides is 1. The number of hydrogen-bond acceptors (Lipinski definition) is 5. The van der Waals surface area contributed by atoms with E-state index in [0.29, 0.717) is 35.7 Å². The Balaban J connectivity index is 1.38. The van der Waals surface area contributed by atoms with Gasteiger partial charge in [0, 0.05) is 58.5 Å². The summed E-state index contributed by atoms with van der Waals surface area (Å²) in [6, 6.07) is 14.7. The molecule has 0 spiro atoms. The van der Waals surface area contributed by atoms with Crippen molar-refractivity contribution in [1.29, 1.82) is 0 Å². The normalized spacial score (nSPS) is 16.4. The Morgan fingerprint density at radius 2 is 1.87 bits per heavy atom. The van der Waals surface area contributed by atoms with E-state index in [2.05, 4.69) is 20.9 Å². The highest BCUT2D eigenvalue weighted by Gasteiger charge is 2.37. The number of benzene rings is 2. The number of carbonyl (C=O) groups excluding carboxylic acids is 1. The lowest BCUT2D eigenvalue weighted by molar-refractivity contribution is -0.138. The Morgan fingerprint density at radius 1 is 1.11 bits per heavy atom. The van der Waals surface area contributed by atoms with Crippen LogP contribution in [0.4, 0.5) is 13.2 Å². The predicted molar refractivity (Wildman–Crippen MR) is 175 cm³/mol. The van der Waals surface area contributed by atoms with Crippen LogP contribution in [0, 0.1) is 0 Å². The molecular formula is C34H29BrF3N7O2. The highest BCUT2D eigenvalue weighted by Crippen LogP contribution is 2.36. The van der Waals surface area contributed by atoms with E-state index >= 15 is 0 Å². The number of hydrogen-bond donors (Lipinski definition) is 0. The first kappa shape index (κ1) is 30.9. The van der Waals surface area contributed by atoms with Crippen molar-refractivity contribution in [2.24, 2.45) is 12.0 Å². The summed E-state index contributed by atoms with van der Waals surface area (Å²) in [6.07, 6.45) is -0.425. The molecule has 7 rings (SSSR count). The highest BCUT2D eigenvalue weighted by molar-refractivity contribution is 9.10. The van der Waals surface area contributed by atoms with Crippen LogP contribution in [0.15, 0.2) is 80.6 Å². The van der Waals surface area contributed by atoms with Crippen molar-refractivity contribution in [3.63, 3.8) is 0 Å². The van der Waals surface area contributed by atoms with Crippen LogP contribution < -0.4 is 5.56 Å². The summed E-state index contributed by atoms with van der Waals surface area (Å²) in [7, 11) is 1.83. The Kier molecular flexibility index (Phi) is 7.53. The van der Waals surface area contributed by atoms with E-state index < -0.39 is 23.7 Å². The zero-order valence-electron chi connectivity index (χ0n) is 25.7. The van der Waals surface area contributed by atoms with E-state index in [1.54, 1.807) is 26.9 Å². The van der Waals surface area contributed by atoms with E-state index in [0.717, 1.165) is 34.0 Å². The molecule has 0 fully saturated rings. The van der Waals surface area contributed by atoms with Crippen LogP contribution in [-0.4, -0.2) is 53.6 Å². The maximum absolute atomic E-state index is 14.5. The summed E-state index contributed by atoms with van der Waals surface area (Å²) in [6.45, 7) is 4.29. The second-order valence-electron chi connectivity index (χ2n) is 12.0. The Morgan fingerprint density at radius 3 is 2.57 bits per heavy atom. The molecule has 0 saturated heterocycles. The molecule has 3 aromatic heterocycles. The van der Waals surface area contributed by atoms with E-state index in [9.17, 15) is 22.8 Å². The molecule has 0 radical (unpaired) electrons. The van der Waals surface area contributed by atoms with Gasteiger partial charge >= 0.3 is 6.18 Å². The van der Waals surface area contributed by atoms with Gasteiger partial charge in [0.05, 0.1) is 36.2 Å². The number of fused-ring (bicyclic) bond motifs is 3. The zero-order chi connectivity index (χ0) is 33.2. The number of halogens is 4. The van der Waals surface area contributed by atoms with Crippen LogP contribution in [0.5, 0.6) is 0 Å². The maximum atomic E-state index is 14.5. The topological polar surface area (TPSA) is 89.8 Å². The van der Waals surface area contributed by atoms with Gasteiger partial charge in [-0.2, -0.15) is 23.4 Å². The van der Waals surface area contributed by atoms with Gasteiger partial charge in [-0.3, -0.25) is 19.3 Å². The number of carbonyl (C=O) groups is 1. The van der Waals surface area contributed by atoms with Gasteiger partial charge in [-0.25, -0.2) is 9.08 Å². The number of nitrogens with zero attached hydrogens (tertiary/aromatic N) is 7. The molecule has 0 N–H and O–H groups in total. The van der Waals surface area contributed by atoms with Crippen LogP contribution in [0.25, 0.3) is 17.0 Å². The lowest BCUT2D eigenvalue weighted by atomic mass is 9.98. The van der Waals surface area contributed by atoms with Gasteiger partial charge in [0.2, 0.25) is 0 Å². The molecule has 2 aliphatic rings. The third-order valence-electron chi connectivity index (χ3n) is 8.88. The third-order valence-corrected chi connectivity index (χ3v) is 9.57. The van der Waals surface area contributed by atoms with Crippen LogP contribution in [0.1, 0.15) is 57.8 Å². The van der Waals surface area contributed by atoms with Crippen LogP contribution >= 0.6 is 15.9 Å². The van der Waals surface area contributed by atoms with Crippen molar-refractivity contribution in [2.45, 2.75) is 45.5 Å². The van der Waals surface area contributed by atoms with Gasteiger partial charge in [-0.15, -0.1) is 0 Å². The average Bonchev–Trinajstić information content (AvgIpc) is 3.75. The lowest BCUT2D eigenvalue weighted by Gasteiger charge is -2.35. The minimum Gasteiger partial charge on any atom is -0.330 e. The minimum absolute atomic E-state index is 0.0112. The van der Waals surface area contributed by atoms with Crippen LogP contribution in [0.3, 0.4) is 0 Å². The number of aliphatic imine (C=N–C) groups is 1. The summed E-state index contributed by atoms with van der Waals surface area (Å²) in [5.74, 6) is -0.130. The molecule has 1 amide bonds. The second-order valence-corrected chi connectivity index (χ2v) is 12.8. The number of allylic oxidation sites excluding steroid dienone is 1. The molecule has 0 saturated carbocycles. The highest BCUT2D eigenvalue weighted by atomic mass is 79.9. The number of aromatic nitrogens is 5. The average molecular weight is 705 g/mol. The van der Waals surface area contributed by atoms with Crippen molar-refractivity contribution in [3.05, 3.63) is 120 Å². The fourth-order valence-electron chi connectivity index (χ4n) is 6.45. The van der Waals surface area contributed by atoms with Gasteiger partial charge < -0.3 is 4.90 Å². The van der Waals surface area contributed by atoms with E-state index in [1.807, 2.05) is 56.6 Å². The smallest absolute Gasteiger partial charge is 0.330 e. The van der Waals surface area contributed by atoms with Crippen molar-refractivity contribution < 1.29 is 18.0 Å². The molecule has 0 bridgehead atoms. The molecule has 5 aromatic rings. The number of alkyl halides is 3. The molecule has 0 aliphatic carbocycles. The van der Waals surface area contributed by atoms with E-state index in [4.69, 9.17) is 10.2 Å². The van der Waals surface area contributed by atoms with Crippen LogP contribution in [0.2, 0.25) is 0 Å². The minimum atomic E-state index is -4.64. The van der Waals surface area contributed by atoms with Crippen LogP contribution in [-0.2, 0) is 32.6 Å². The SMILES string of the molecule is CC1=C(c2cc(-n3c(=O)c4c(n5ncc(Cc6ccccc6)c35)CN(C(=O)c3ccc(Br)c(C(F)(F)F)c3)C(C)C4)nn2C)CN=C1. The van der Waals surface area contributed by atoms with Gasteiger partial charge in [0.15, 0.2) is 5.82 Å². The third kappa shape index (κ3) is 5.32. The molecule has 9 nitrogen and oxygen atoms in total. The van der Waals surface area contributed by atoms with E-state index in [1.165, 1.54) is 17.0 Å². The van der Waals surface area contributed by atoms with Crippen molar-refractivity contribution in [2.75, 3.05) is 6.54 Å². The summed E-state index contributed by atoms with van der Waals surface area (Å²) in [5.41, 5.74) is 4.91. The van der Waals surface area contributed by atoms with Crippen molar-refractivity contribution in [3.8, 4) is 5.82 Å². The largest absolute Gasteiger partial charge is 0.417 e. The Hall–Kier alpha value is -4.78. The molecule has 2 aromatic carbocycles. The first-order valence-electron chi connectivity index (χ1n) is 15.0. The molecule has 13 heteroatoms. The number of aryl methyl sites for hydroxylation is 1. The lowest BCUT2D eigenvalue weighted by Crippen LogP contribution is -2.46. The van der Waals surface area contributed by atoms with Gasteiger partial charge in [-0.1, -0.05) is 46.3 Å². The molecule has 1 unspecified atom stereocenters. The zero-order valence-corrected chi connectivity index (χ0v) is 27.3. The fourth-order valence-corrected chi connectivity index (χ4v) is 6.93. The molecule has 2 aliphatic heterocycles. The molecule has 47 heavy (non-hydrogen) atoms. The first-order chi connectivity index (χ1) is 22.4. The summed E-state index contributed by atoms with van der Waals surface area (Å²) < 4.78 is 45.9. The van der Waals surface area contributed by atoms with E-state index in [-0.39, 0.29) is 28.6 Å². The first-order valence-corrected chi connectivity index (χ1v) is 15.8. The molecular weight excluding hydrogens is 675 g/mol. The molecule has 240 valence electrons. The number of rotatable bonds is 5. The Labute approximate surface area is 275 Å². The van der Waals surface area contributed by atoms with Crippen molar-refractivity contribution in [1.82, 2.24) is 28.9 Å². The summed E-state index contributed by atoms with van der Waals surface area (Å²) in [4.78, 5) is 34.2. The van der Waals surface area contributed by atoms with Crippen molar-refractivity contribution >= 4 is 39.3 Å². The summed E-state index contributed by atoms with van der Waals surface area (Å²) >= 11 is 2.95. The summed E-state index contributed by atoms with van der Waals surface area (Å²) in [5, 5.41) is 9.50. The molecule has 1 atom stereocenters. The van der Waals surface area contributed by atoms with Gasteiger partial charge in [0.1, 0.15) is 5.65 Å². The Bertz CT molecular complexity index is 2190. The van der Waals surface area contributed by atoms with Gasteiger partial charge in [-0.05, 0) is 49.6 Å². The quantitative estimate of drug-likeness (QED) is 0.224.